The molecule has 2 saturated carbocycles. The van der Waals surface area contributed by atoms with Gasteiger partial charge < -0.3 is 20.5 Å². The summed E-state index contributed by atoms with van der Waals surface area (Å²) in [4.78, 5) is 48.7. The molecule has 0 aliphatic heterocycles. The number of nitrogens with one attached hydrogen (secondary N) is 1. The smallest absolute Gasteiger partial charge is 0.254 e. The molecule has 3 N–H and O–H groups in total. The Kier molecular flexibility index (Phi) is 6.88. The van der Waals surface area contributed by atoms with Gasteiger partial charge in [-0.15, -0.1) is 0 Å². The number of hydrogen-bond acceptors (Lipinski definition) is 7. The van der Waals surface area contributed by atoms with Gasteiger partial charge in [-0.2, -0.15) is 0 Å². The number of methoxy groups -OCH3 is 1. The molecule has 3 aromatic rings. The Morgan fingerprint density at radius 1 is 1.05 bits per heavy atom. The number of aromatic nitrogens is 2. The number of pyridine rings is 2. The Hall–Kier alpha value is -4.21. The van der Waals surface area contributed by atoms with Gasteiger partial charge in [0.2, 0.25) is 11.8 Å². The number of rotatable bonds is 8. The Morgan fingerprint density at radius 3 is 2.42 bits per heavy atom. The minimum absolute atomic E-state index is 0.0189. The molecule has 2 aromatic heterocycles. The van der Waals surface area contributed by atoms with E-state index in [4.69, 9.17) is 15.2 Å². The van der Waals surface area contributed by atoms with Gasteiger partial charge in [-0.25, -0.2) is 4.98 Å². The van der Waals surface area contributed by atoms with E-state index in [1.807, 2.05) is 0 Å². The van der Waals surface area contributed by atoms with Gasteiger partial charge in [0.25, 0.3) is 5.91 Å². The van der Waals surface area contributed by atoms with Crippen LogP contribution in [-0.2, 0) is 9.59 Å². The van der Waals surface area contributed by atoms with Crippen molar-refractivity contribution in [2.75, 3.05) is 19.1 Å². The summed E-state index contributed by atoms with van der Waals surface area (Å²) in [5.41, 5.74) is 5.47. The highest BCUT2D eigenvalue weighted by atomic mass is 16.5. The standard InChI is InChI=1S/C28H31N5O5/c1-30-25(34)20-14-19-21(15-23(20)37-2)31-13-10-22(19)38-18-8-9-24(32-16-18)33(17-6-4-3-5-7-17)27(36)28(11-12-28)26(29)35/h8-10,13-17H,3-7,11-12H2,1-2H3,(H2,29,35)(H,30,34). The van der Waals surface area contributed by atoms with E-state index in [0.717, 1.165) is 32.1 Å². The van der Waals surface area contributed by atoms with E-state index in [9.17, 15) is 14.4 Å². The van der Waals surface area contributed by atoms with Crippen molar-refractivity contribution in [3.05, 3.63) is 48.3 Å². The fourth-order valence-corrected chi connectivity index (χ4v) is 5.14. The molecule has 3 amide bonds. The number of fused-ring (bicyclic) bond motifs is 1. The molecule has 5 rings (SSSR count). The van der Waals surface area contributed by atoms with Crippen molar-refractivity contribution in [1.29, 1.82) is 0 Å². The maximum Gasteiger partial charge on any atom is 0.254 e. The average molecular weight is 518 g/mol. The van der Waals surface area contributed by atoms with Crippen LogP contribution in [0.15, 0.2) is 42.7 Å². The lowest BCUT2D eigenvalue weighted by Crippen LogP contribution is -2.49. The van der Waals surface area contributed by atoms with E-state index in [-0.39, 0.29) is 17.9 Å². The van der Waals surface area contributed by atoms with Gasteiger partial charge in [0.05, 0.1) is 24.4 Å². The van der Waals surface area contributed by atoms with Crippen LogP contribution in [0.1, 0.15) is 55.3 Å². The molecule has 2 heterocycles. The topological polar surface area (TPSA) is 137 Å². The second-order valence-electron chi connectivity index (χ2n) is 9.83. The first-order chi connectivity index (χ1) is 18.4. The molecule has 0 spiro atoms. The molecule has 0 unspecified atom stereocenters. The van der Waals surface area contributed by atoms with Crippen LogP contribution in [0, 0.1) is 5.41 Å². The summed E-state index contributed by atoms with van der Waals surface area (Å²) < 4.78 is 11.5. The van der Waals surface area contributed by atoms with Gasteiger partial charge in [0, 0.05) is 30.7 Å². The van der Waals surface area contributed by atoms with Crippen LogP contribution in [0.3, 0.4) is 0 Å². The molecule has 0 saturated heterocycles. The Bertz CT molecular complexity index is 1380. The highest BCUT2D eigenvalue weighted by Gasteiger charge is 2.58. The van der Waals surface area contributed by atoms with E-state index in [2.05, 4.69) is 15.3 Å². The number of anilines is 1. The molecule has 2 fully saturated rings. The number of hydrogen-bond donors (Lipinski definition) is 2. The molecular weight excluding hydrogens is 486 g/mol. The van der Waals surface area contributed by atoms with E-state index in [1.54, 1.807) is 54.7 Å². The van der Waals surface area contributed by atoms with Gasteiger partial charge in [-0.1, -0.05) is 19.3 Å². The summed E-state index contributed by atoms with van der Waals surface area (Å²) in [5, 5.41) is 3.24. The summed E-state index contributed by atoms with van der Waals surface area (Å²) >= 11 is 0. The molecule has 2 aliphatic carbocycles. The summed E-state index contributed by atoms with van der Waals surface area (Å²) in [6, 6.07) is 8.53. The normalized spacial score (nSPS) is 16.5. The van der Waals surface area contributed by atoms with Crippen LogP contribution in [0.25, 0.3) is 10.9 Å². The van der Waals surface area contributed by atoms with Crippen molar-refractivity contribution in [1.82, 2.24) is 15.3 Å². The second-order valence-corrected chi connectivity index (χ2v) is 9.83. The number of ether oxygens (including phenoxy) is 2. The van der Waals surface area contributed by atoms with Gasteiger partial charge in [-0.05, 0) is 49.9 Å². The number of nitrogens with zero attached hydrogens (tertiary/aromatic N) is 3. The maximum atomic E-state index is 13.6. The fourth-order valence-electron chi connectivity index (χ4n) is 5.14. The van der Waals surface area contributed by atoms with E-state index < -0.39 is 11.3 Å². The average Bonchev–Trinajstić information content (AvgIpc) is 3.76. The van der Waals surface area contributed by atoms with Gasteiger partial charge in [-0.3, -0.25) is 24.3 Å². The van der Waals surface area contributed by atoms with Crippen LogP contribution >= 0.6 is 0 Å². The van der Waals surface area contributed by atoms with Crippen molar-refractivity contribution < 1.29 is 23.9 Å². The Morgan fingerprint density at radius 2 is 1.82 bits per heavy atom. The van der Waals surface area contributed by atoms with Crippen molar-refractivity contribution >= 4 is 34.4 Å². The van der Waals surface area contributed by atoms with E-state index >= 15 is 0 Å². The van der Waals surface area contributed by atoms with E-state index in [1.165, 1.54) is 7.11 Å². The van der Waals surface area contributed by atoms with Crippen LogP contribution in [0.2, 0.25) is 0 Å². The predicted molar refractivity (Wildman–Crippen MR) is 141 cm³/mol. The van der Waals surface area contributed by atoms with Gasteiger partial charge in [0.1, 0.15) is 28.5 Å². The number of carbonyl (C=O) groups excluding carboxylic acids is 3. The first kappa shape index (κ1) is 25.4. The van der Waals surface area contributed by atoms with Crippen LogP contribution in [0.5, 0.6) is 17.2 Å². The van der Waals surface area contributed by atoms with Gasteiger partial charge >= 0.3 is 0 Å². The predicted octanol–water partition coefficient (Wildman–Crippen LogP) is 3.72. The lowest BCUT2D eigenvalue weighted by Gasteiger charge is -2.35. The third-order valence-corrected chi connectivity index (χ3v) is 7.48. The number of carbonyl (C=O) groups is 3. The molecule has 2 aliphatic rings. The minimum Gasteiger partial charge on any atom is -0.496 e. The zero-order valence-electron chi connectivity index (χ0n) is 21.5. The first-order valence-corrected chi connectivity index (χ1v) is 12.8. The molecule has 10 heteroatoms. The molecule has 1 aromatic carbocycles. The number of primary amides is 1. The minimum atomic E-state index is -1.12. The Labute approximate surface area is 220 Å². The number of nitrogens with two attached hydrogens (primary N) is 1. The third kappa shape index (κ3) is 4.62. The zero-order valence-corrected chi connectivity index (χ0v) is 21.5. The fraction of sp³-hybridized carbons (Fsp3) is 0.393. The molecular formula is C28H31N5O5. The summed E-state index contributed by atoms with van der Waals surface area (Å²) in [5.74, 6) is 0.710. The Balaban J connectivity index is 1.45. The van der Waals surface area contributed by atoms with E-state index in [0.29, 0.717) is 52.4 Å². The quantitative estimate of drug-likeness (QED) is 0.435. The first-order valence-electron chi connectivity index (χ1n) is 12.8. The SMILES string of the molecule is CNC(=O)c1cc2c(Oc3ccc(N(C(=O)C4(C(N)=O)CC4)C4CCCCC4)nc3)ccnc2cc1OC. The highest BCUT2D eigenvalue weighted by molar-refractivity contribution is 6.13. The molecule has 10 nitrogen and oxygen atoms in total. The zero-order chi connectivity index (χ0) is 26.9. The maximum absolute atomic E-state index is 13.6. The van der Waals surface area contributed by atoms with Crippen molar-refractivity contribution in [3.63, 3.8) is 0 Å². The van der Waals surface area contributed by atoms with Crippen LogP contribution in [0.4, 0.5) is 5.82 Å². The van der Waals surface area contributed by atoms with Crippen LogP contribution < -0.4 is 25.4 Å². The molecule has 0 radical (unpaired) electrons. The third-order valence-electron chi connectivity index (χ3n) is 7.48. The van der Waals surface area contributed by atoms with Crippen molar-refractivity contribution in [2.45, 2.75) is 51.0 Å². The lowest BCUT2D eigenvalue weighted by atomic mass is 9.92. The summed E-state index contributed by atoms with van der Waals surface area (Å²) in [6.45, 7) is 0. The second kappa shape index (κ2) is 10.3. The van der Waals surface area contributed by atoms with Crippen molar-refractivity contribution in [2.24, 2.45) is 11.1 Å². The molecule has 198 valence electrons. The van der Waals surface area contributed by atoms with Crippen LogP contribution in [-0.4, -0.2) is 47.9 Å². The summed E-state index contributed by atoms with van der Waals surface area (Å²) in [7, 11) is 3.05. The largest absolute Gasteiger partial charge is 0.496 e. The molecule has 0 atom stereocenters. The summed E-state index contributed by atoms with van der Waals surface area (Å²) in [6.07, 6.45) is 9.02. The molecule has 0 bridgehead atoms. The lowest BCUT2D eigenvalue weighted by molar-refractivity contribution is -0.134. The molecule has 38 heavy (non-hydrogen) atoms. The van der Waals surface area contributed by atoms with Gasteiger partial charge in [0.15, 0.2) is 0 Å². The van der Waals surface area contributed by atoms with Crippen molar-refractivity contribution in [3.8, 4) is 17.2 Å². The number of amides is 3. The highest BCUT2D eigenvalue weighted by Crippen LogP contribution is 2.48. The monoisotopic (exact) mass is 517 g/mol. The number of benzene rings is 1.